The molecule has 0 radical (unpaired) electrons. The van der Waals surface area contributed by atoms with Crippen molar-refractivity contribution in [2.24, 2.45) is 5.10 Å². The van der Waals surface area contributed by atoms with Crippen LogP contribution in [0.4, 0.5) is 4.39 Å². The number of hydrazone groups is 1. The molecule has 0 spiro atoms. The Morgan fingerprint density at radius 1 is 1.07 bits per heavy atom. The van der Waals surface area contributed by atoms with Crippen molar-refractivity contribution in [1.29, 1.82) is 0 Å². The second-order valence-electron chi connectivity index (χ2n) is 6.19. The van der Waals surface area contributed by atoms with Crippen LogP contribution in [0.15, 0.2) is 77.2 Å². The number of carbonyl (C=O) groups is 1. The molecule has 0 fully saturated rings. The summed E-state index contributed by atoms with van der Waals surface area (Å²) in [6.07, 6.45) is 0. The van der Waals surface area contributed by atoms with Gasteiger partial charge in [-0.25, -0.2) is 14.8 Å². The van der Waals surface area contributed by atoms with Crippen LogP contribution in [0.1, 0.15) is 22.2 Å². The summed E-state index contributed by atoms with van der Waals surface area (Å²) in [5, 5.41) is 6.91. The van der Waals surface area contributed by atoms with Gasteiger partial charge in [-0.3, -0.25) is 4.79 Å². The molecule has 1 amide bonds. The summed E-state index contributed by atoms with van der Waals surface area (Å²) in [6.45, 7) is 1.85. The third-order valence-corrected chi connectivity index (χ3v) is 5.28. The average molecular weight is 389 g/mol. The second kappa shape index (κ2) is 7.70. The van der Waals surface area contributed by atoms with Gasteiger partial charge in [-0.2, -0.15) is 5.10 Å². The van der Waals surface area contributed by atoms with Gasteiger partial charge >= 0.3 is 0 Å². The standard InChI is InChI=1S/C22H16FN3OS/c1-14(21-7-4-12-28-21)25-26-22(27)18-13-20(15-8-10-16(23)11-9-15)24-19-6-3-2-5-17(18)19/h2-13H,1H3,(H,26,27)/b25-14-. The molecule has 0 bridgehead atoms. The van der Waals surface area contributed by atoms with E-state index in [1.807, 2.05) is 48.7 Å². The van der Waals surface area contributed by atoms with E-state index in [-0.39, 0.29) is 11.7 Å². The van der Waals surface area contributed by atoms with Gasteiger partial charge in [0.15, 0.2) is 0 Å². The summed E-state index contributed by atoms with van der Waals surface area (Å²) >= 11 is 1.56. The quantitative estimate of drug-likeness (QED) is 0.382. The Labute approximate surface area is 165 Å². The molecule has 0 saturated carbocycles. The van der Waals surface area contributed by atoms with E-state index in [0.717, 1.165) is 21.5 Å². The van der Waals surface area contributed by atoms with Gasteiger partial charge in [0.05, 0.1) is 22.5 Å². The van der Waals surface area contributed by atoms with Gasteiger partial charge in [0.1, 0.15) is 5.82 Å². The highest BCUT2D eigenvalue weighted by Gasteiger charge is 2.14. The third-order valence-electron chi connectivity index (χ3n) is 4.30. The Morgan fingerprint density at radius 3 is 2.61 bits per heavy atom. The zero-order valence-electron chi connectivity index (χ0n) is 15.0. The van der Waals surface area contributed by atoms with Crippen LogP contribution in [0.2, 0.25) is 0 Å². The molecule has 0 atom stereocenters. The summed E-state index contributed by atoms with van der Waals surface area (Å²) in [5.41, 5.74) is 5.86. The first-order valence-electron chi connectivity index (χ1n) is 8.66. The number of pyridine rings is 1. The smallest absolute Gasteiger partial charge is 0.267 e. The van der Waals surface area contributed by atoms with Gasteiger partial charge in [0.2, 0.25) is 0 Å². The first-order valence-corrected chi connectivity index (χ1v) is 9.54. The Kier molecular flexibility index (Phi) is 4.95. The maximum absolute atomic E-state index is 13.3. The molecule has 4 nitrogen and oxygen atoms in total. The molecule has 0 aliphatic carbocycles. The zero-order valence-corrected chi connectivity index (χ0v) is 15.8. The summed E-state index contributed by atoms with van der Waals surface area (Å²) < 4.78 is 13.3. The fraction of sp³-hybridized carbons (Fsp3) is 0.0455. The molecular formula is C22H16FN3OS. The molecule has 2 aromatic heterocycles. The number of fused-ring (bicyclic) bond motifs is 1. The molecule has 0 aliphatic rings. The first-order chi connectivity index (χ1) is 13.6. The lowest BCUT2D eigenvalue weighted by atomic mass is 10.0. The lowest BCUT2D eigenvalue weighted by molar-refractivity contribution is 0.0956. The number of nitrogens with zero attached hydrogens (tertiary/aromatic N) is 2. The molecule has 28 heavy (non-hydrogen) atoms. The second-order valence-corrected chi connectivity index (χ2v) is 7.14. The van der Waals surface area contributed by atoms with Crippen molar-refractivity contribution in [1.82, 2.24) is 10.4 Å². The largest absolute Gasteiger partial charge is 0.272 e. The van der Waals surface area contributed by atoms with Crippen LogP contribution >= 0.6 is 11.3 Å². The van der Waals surface area contributed by atoms with Crippen LogP contribution in [0.3, 0.4) is 0 Å². The summed E-state index contributed by atoms with van der Waals surface area (Å²) in [6, 6.07) is 19.1. The van der Waals surface area contributed by atoms with E-state index in [0.29, 0.717) is 16.8 Å². The molecule has 1 N–H and O–H groups in total. The molecule has 2 aromatic carbocycles. The number of hydrogen-bond acceptors (Lipinski definition) is 4. The van der Waals surface area contributed by atoms with Crippen LogP contribution in [0, 0.1) is 5.82 Å². The minimum Gasteiger partial charge on any atom is -0.267 e. The van der Waals surface area contributed by atoms with Crippen LogP contribution < -0.4 is 5.43 Å². The Balaban J connectivity index is 1.73. The number of amides is 1. The minimum atomic E-state index is -0.321. The predicted octanol–water partition coefficient (Wildman–Crippen LogP) is 5.26. The SMILES string of the molecule is C/C(=N/NC(=O)c1cc(-c2ccc(F)cc2)nc2ccccc12)c1cccs1. The Bertz CT molecular complexity index is 1170. The van der Waals surface area contributed by atoms with E-state index in [1.54, 1.807) is 29.5 Å². The highest BCUT2D eigenvalue weighted by molar-refractivity contribution is 7.12. The van der Waals surface area contributed by atoms with E-state index >= 15 is 0 Å². The number of para-hydroxylation sites is 1. The number of nitrogens with one attached hydrogen (secondary N) is 1. The molecule has 2 heterocycles. The molecular weight excluding hydrogens is 373 g/mol. The van der Waals surface area contributed by atoms with Gasteiger partial charge in [0, 0.05) is 15.8 Å². The van der Waals surface area contributed by atoms with E-state index in [1.165, 1.54) is 12.1 Å². The van der Waals surface area contributed by atoms with Crippen LogP contribution in [0.25, 0.3) is 22.2 Å². The van der Waals surface area contributed by atoms with E-state index in [2.05, 4.69) is 15.5 Å². The molecule has 0 unspecified atom stereocenters. The lowest BCUT2D eigenvalue weighted by Gasteiger charge is -2.09. The van der Waals surface area contributed by atoms with E-state index in [9.17, 15) is 9.18 Å². The van der Waals surface area contributed by atoms with Crippen molar-refractivity contribution < 1.29 is 9.18 Å². The maximum atomic E-state index is 13.3. The number of hydrogen-bond donors (Lipinski definition) is 1. The van der Waals surface area contributed by atoms with Gasteiger partial charge in [-0.05, 0) is 54.8 Å². The average Bonchev–Trinajstić information content (AvgIpc) is 3.26. The summed E-state index contributed by atoms with van der Waals surface area (Å²) in [4.78, 5) is 18.5. The number of carbonyl (C=O) groups excluding carboxylic acids is 1. The van der Waals surface area contributed by atoms with Crippen molar-refractivity contribution in [3.63, 3.8) is 0 Å². The van der Waals surface area contributed by atoms with Crippen molar-refractivity contribution in [2.45, 2.75) is 6.92 Å². The van der Waals surface area contributed by atoms with Gasteiger partial charge in [-0.1, -0.05) is 24.3 Å². The van der Waals surface area contributed by atoms with Crippen molar-refractivity contribution in [3.8, 4) is 11.3 Å². The minimum absolute atomic E-state index is 0.319. The van der Waals surface area contributed by atoms with E-state index in [4.69, 9.17) is 0 Å². The normalized spacial score (nSPS) is 11.6. The topological polar surface area (TPSA) is 54.4 Å². The number of aromatic nitrogens is 1. The molecule has 4 aromatic rings. The highest BCUT2D eigenvalue weighted by atomic mass is 32.1. The molecule has 4 rings (SSSR count). The van der Waals surface area contributed by atoms with Gasteiger partial charge in [0.25, 0.3) is 5.91 Å². The summed E-state index contributed by atoms with van der Waals surface area (Å²) in [7, 11) is 0. The lowest BCUT2D eigenvalue weighted by Crippen LogP contribution is -2.19. The van der Waals surface area contributed by atoms with Gasteiger partial charge in [-0.15, -0.1) is 11.3 Å². The zero-order chi connectivity index (χ0) is 19.5. The fourth-order valence-electron chi connectivity index (χ4n) is 2.87. The Morgan fingerprint density at radius 2 is 1.86 bits per heavy atom. The van der Waals surface area contributed by atoms with Crippen molar-refractivity contribution >= 4 is 33.9 Å². The predicted molar refractivity (Wildman–Crippen MR) is 111 cm³/mol. The van der Waals surface area contributed by atoms with Gasteiger partial charge < -0.3 is 0 Å². The first kappa shape index (κ1) is 18.0. The monoisotopic (exact) mass is 389 g/mol. The third kappa shape index (κ3) is 3.68. The number of thiophene rings is 1. The molecule has 138 valence electrons. The van der Waals surface area contributed by atoms with Crippen molar-refractivity contribution in [3.05, 3.63) is 88.4 Å². The van der Waals surface area contributed by atoms with Crippen LogP contribution in [-0.2, 0) is 0 Å². The van der Waals surface area contributed by atoms with Crippen LogP contribution in [-0.4, -0.2) is 16.6 Å². The van der Waals surface area contributed by atoms with Crippen LogP contribution in [0.5, 0.6) is 0 Å². The van der Waals surface area contributed by atoms with E-state index < -0.39 is 0 Å². The molecule has 6 heteroatoms. The maximum Gasteiger partial charge on any atom is 0.272 e. The highest BCUT2D eigenvalue weighted by Crippen LogP contribution is 2.25. The Hall–Kier alpha value is -3.38. The number of halogens is 1. The number of rotatable bonds is 4. The molecule has 0 aliphatic heterocycles. The molecule has 0 saturated heterocycles. The fourth-order valence-corrected chi connectivity index (χ4v) is 3.54. The number of benzene rings is 2. The van der Waals surface area contributed by atoms with Crippen molar-refractivity contribution in [2.75, 3.05) is 0 Å². The summed E-state index contributed by atoms with van der Waals surface area (Å²) in [5.74, 6) is -0.640.